The molecule has 1 heterocycles. The molecule has 34 heavy (non-hydrogen) atoms. The van der Waals surface area contributed by atoms with Gasteiger partial charge in [0.1, 0.15) is 5.75 Å². The number of carboxylic acid groups (broad SMARTS) is 1. The number of benzene rings is 3. The number of aryl methyl sites for hydroxylation is 1. The van der Waals surface area contributed by atoms with Gasteiger partial charge in [-0.2, -0.15) is 0 Å². The van der Waals surface area contributed by atoms with E-state index in [1.165, 1.54) is 22.2 Å². The van der Waals surface area contributed by atoms with Crippen LogP contribution >= 0.6 is 0 Å². The molecule has 8 heteroatoms. The summed E-state index contributed by atoms with van der Waals surface area (Å²) in [5, 5.41) is 9.70. The molecule has 0 aliphatic carbocycles. The molecule has 176 valence electrons. The van der Waals surface area contributed by atoms with Crippen LogP contribution in [0.1, 0.15) is 11.1 Å². The van der Waals surface area contributed by atoms with Crippen LogP contribution in [0, 0.1) is 6.92 Å². The van der Waals surface area contributed by atoms with E-state index in [1.807, 2.05) is 67.5 Å². The zero-order valence-electron chi connectivity index (χ0n) is 19.2. The van der Waals surface area contributed by atoms with E-state index < -0.39 is 22.6 Å². The fraction of sp³-hybridized carbons (Fsp3) is 0.192. The third kappa shape index (κ3) is 4.69. The third-order valence-electron chi connectivity index (χ3n) is 5.50. The minimum absolute atomic E-state index is 0.105. The molecule has 7 nitrogen and oxygen atoms in total. The molecule has 0 spiro atoms. The summed E-state index contributed by atoms with van der Waals surface area (Å²) in [5.41, 5.74) is 4.11. The van der Waals surface area contributed by atoms with Crippen LogP contribution in [-0.4, -0.2) is 49.1 Å². The van der Waals surface area contributed by atoms with Gasteiger partial charge in [-0.25, -0.2) is 17.2 Å². The number of aromatic nitrogens is 1. The highest BCUT2D eigenvalue weighted by Gasteiger charge is 2.23. The normalized spacial score (nSPS) is 11.8. The minimum Gasteiger partial charge on any atom is -0.482 e. The molecule has 3 aromatic carbocycles. The Bertz CT molecular complexity index is 1460. The van der Waals surface area contributed by atoms with E-state index in [0.717, 1.165) is 22.1 Å². The van der Waals surface area contributed by atoms with E-state index in [-0.39, 0.29) is 4.90 Å². The smallest absolute Gasteiger partial charge is 0.341 e. The number of hydrogen-bond donors (Lipinski definition) is 1. The maximum absolute atomic E-state index is 13.6. The Labute approximate surface area is 198 Å². The number of fused-ring (bicyclic) bond motifs is 1. The van der Waals surface area contributed by atoms with Gasteiger partial charge >= 0.3 is 5.97 Å². The van der Waals surface area contributed by atoms with Crippen molar-refractivity contribution in [1.82, 2.24) is 8.87 Å². The lowest BCUT2D eigenvalue weighted by Gasteiger charge is -2.11. The van der Waals surface area contributed by atoms with Crippen molar-refractivity contribution in [2.45, 2.75) is 18.4 Å². The Kier molecular flexibility index (Phi) is 6.45. The first-order valence-corrected chi connectivity index (χ1v) is 12.2. The molecule has 0 aliphatic rings. The SMILES string of the molecule is Cc1cc(S(=O)(=O)n2cc(CN(C)C)c3cc(-c4ccccc4)ccc32)ccc1OCC(=O)O. The van der Waals surface area contributed by atoms with Crippen LogP contribution < -0.4 is 4.74 Å². The largest absolute Gasteiger partial charge is 0.482 e. The van der Waals surface area contributed by atoms with Crippen molar-refractivity contribution in [3.8, 4) is 16.9 Å². The van der Waals surface area contributed by atoms with Crippen molar-refractivity contribution in [2.75, 3.05) is 20.7 Å². The molecule has 4 rings (SSSR count). The maximum atomic E-state index is 13.6. The van der Waals surface area contributed by atoms with Crippen LogP contribution in [0.4, 0.5) is 0 Å². The molecule has 1 N–H and O–H groups in total. The van der Waals surface area contributed by atoms with Gasteiger partial charge in [-0.15, -0.1) is 0 Å². The van der Waals surface area contributed by atoms with E-state index in [4.69, 9.17) is 9.84 Å². The average Bonchev–Trinajstić information content (AvgIpc) is 3.16. The van der Waals surface area contributed by atoms with Crippen LogP contribution in [0.5, 0.6) is 5.75 Å². The molecule has 0 atom stereocenters. The van der Waals surface area contributed by atoms with Crippen molar-refractivity contribution in [1.29, 1.82) is 0 Å². The summed E-state index contributed by atoms with van der Waals surface area (Å²) in [6, 6.07) is 20.2. The van der Waals surface area contributed by atoms with Gasteiger partial charge < -0.3 is 14.7 Å². The molecular formula is C26H26N2O5S. The predicted molar refractivity (Wildman–Crippen MR) is 132 cm³/mol. The zero-order chi connectivity index (χ0) is 24.5. The predicted octanol–water partition coefficient (Wildman–Crippen LogP) is 4.38. The second-order valence-corrected chi connectivity index (χ2v) is 10.2. The van der Waals surface area contributed by atoms with Crippen LogP contribution in [0.2, 0.25) is 0 Å². The van der Waals surface area contributed by atoms with Crippen molar-refractivity contribution < 1.29 is 23.1 Å². The molecule has 0 aliphatic heterocycles. The molecular weight excluding hydrogens is 452 g/mol. The summed E-state index contributed by atoms with van der Waals surface area (Å²) >= 11 is 0. The third-order valence-corrected chi connectivity index (χ3v) is 7.17. The maximum Gasteiger partial charge on any atom is 0.341 e. The topological polar surface area (TPSA) is 88.8 Å². The first-order valence-electron chi connectivity index (χ1n) is 10.7. The van der Waals surface area contributed by atoms with E-state index in [0.29, 0.717) is 23.4 Å². The summed E-state index contributed by atoms with van der Waals surface area (Å²) in [4.78, 5) is 12.9. The van der Waals surface area contributed by atoms with Gasteiger partial charge in [0.15, 0.2) is 6.61 Å². The lowest BCUT2D eigenvalue weighted by molar-refractivity contribution is -0.139. The molecule has 0 amide bonds. The lowest BCUT2D eigenvalue weighted by atomic mass is 10.0. The number of carboxylic acids is 1. The Hall–Kier alpha value is -3.62. The number of carbonyl (C=O) groups is 1. The molecule has 0 saturated carbocycles. The molecule has 0 saturated heterocycles. The van der Waals surface area contributed by atoms with E-state index in [1.54, 1.807) is 13.1 Å². The van der Waals surface area contributed by atoms with Crippen LogP contribution in [0.15, 0.2) is 77.8 Å². The van der Waals surface area contributed by atoms with E-state index in [2.05, 4.69) is 0 Å². The van der Waals surface area contributed by atoms with Gasteiger partial charge in [0.2, 0.25) is 0 Å². The van der Waals surface area contributed by atoms with Crippen molar-refractivity contribution in [2.24, 2.45) is 0 Å². The quantitative estimate of drug-likeness (QED) is 0.404. The summed E-state index contributed by atoms with van der Waals surface area (Å²) in [6.07, 6.45) is 1.68. The van der Waals surface area contributed by atoms with E-state index in [9.17, 15) is 13.2 Å². The van der Waals surface area contributed by atoms with Crippen molar-refractivity contribution >= 4 is 26.9 Å². The summed E-state index contributed by atoms with van der Waals surface area (Å²) in [6.45, 7) is 1.78. The highest BCUT2D eigenvalue weighted by molar-refractivity contribution is 7.90. The van der Waals surface area contributed by atoms with Gasteiger partial charge in [-0.05, 0) is 73.6 Å². The Morgan fingerprint density at radius 1 is 1.00 bits per heavy atom. The molecule has 0 radical (unpaired) electrons. The number of hydrogen-bond acceptors (Lipinski definition) is 5. The van der Waals surface area contributed by atoms with Crippen LogP contribution in [-0.2, 0) is 21.4 Å². The van der Waals surface area contributed by atoms with Crippen LogP contribution in [0.3, 0.4) is 0 Å². The molecule has 4 aromatic rings. The monoisotopic (exact) mass is 478 g/mol. The number of aliphatic carboxylic acids is 1. The molecule has 0 unspecified atom stereocenters. The number of nitrogens with zero attached hydrogens (tertiary/aromatic N) is 2. The van der Waals surface area contributed by atoms with Crippen molar-refractivity contribution in [3.63, 3.8) is 0 Å². The fourth-order valence-electron chi connectivity index (χ4n) is 3.94. The molecule has 1 aromatic heterocycles. The van der Waals surface area contributed by atoms with Crippen molar-refractivity contribution in [3.05, 3.63) is 84.1 Å². The first-order chi connectivity index (χ1) is 16.2. The van der Waals surface area contributed by atoms with Gasteiger partial charge in [0, 0.05) is 18.1 Å². The van der Waals surface area contributed by atoms with Crippen LogP contribution in [0.25, 0.3) is 22.0 Å². The number of rotatable bonds is 8. The Balaban J connectivity index is 1.81. The highest BCUT2D eigenvalue weighted by Crippen LogP contribution is 2.32. The summed E-state index contributed by atoms with van der Waals surface area (Å²) < 4.78 is 33.9. The lowest BCUT2D eigenvalue weighted by Crippen LogP contribution is -2.14. The number of ether oxygens (including phenoxy) is 1. The second-order valence-electron chi connectivity index (χ2n) is 8.40. The summed E-state index contributed by atoms with van der Waals surface area (Å²) in [7, 11) is -0.0175. The first kappa shape index (κ1) is 23.5. The van der Waals surface area contributed by atoms with Gasteiger partial charge in [-0.3, -0.25) is 0 Å². The zero-order valence-corrected chi connectivity index (χ0v) is 20.0. The van der Waals surface area contributed by atoms with E-state index >= 15 is 0 Å². The second kappa shape index (κ2) is 9.32. The standard InChI is InChI=1S/C26H26N2O5S/c1-18-13-22(10-12-25(18)33-17-26(29)30)34(31,32)28-16-21(15-27(2)3)23-14-20(9-11-24(23)28)19-7-5-4-6-8-19/h4-14,16H,15,17H2,1-3H3,(H,29,30). The molecule has 0 bridgehead atoms. The highest BCUT2D eigenvalue weighted by atomic mass is 32.2. The van der Waals surface area contributed by atoms with Gasteiger partial charge in [0.25, 0.3) is 10.0 Å². The molecule has 0 fully saturated rings. The minimum atomic E-state index is -3.90. The Morgan fingerprint density at radius 2 is 1.74 bits per heavy atom. The van der Waals surface area contributed by atoms with Gasteiger partial charge in [0.05, 0.1) is 10.4 Å². The Morgan fingerprint density at radius 3 is 2.38 bits per heavy atom. The average molecular weight is 479 g/mol. The van der Waals surface area contributed by atoms with Gasteiger partial charge in [-0.1, -0.05) is 36.4 Å². The fourth-order valence-corrected chi connectivity index (χ4v) is 5.42. The summed E-state index contributed by atoms with van der Waals surface area (Å²) in [5.74, 6) is -0.766.